The van der Waals surface area contributed by atoms with Gasteiger partial charge in [-0.25, -0.2) is 27.2 Å². The van der Waals surface area contributed by atoms with Crippen molar-refractivity contribution in [1.29, 1.82) is 0 Å². The van der Waals surface area contributed by atoms with Crippen molar-refractivity contribution < 1.29 is 21.9 Å². The second-order valence-electron chi connectivity index (χ2n) is 6.40. The van der Waals surface area contributed by atoms with Crippen LogP contribution in [0.3, 0.4) is 0 Å². The average Bonchev–Trinajstić information content (AvgIpc) is 3.17. The normalized spacial score (nSPS) is 11.6. The quantitative estimate of drug-likeness (QED) is 0.487. The van der Waals surface area contributed by atoms with Crippen molar-refractivity contribution in [3.63, 3.8) is 0 Å². The minimum absolute atomic E-state index is 0.0335. The van der Waals surface area contributed by atoms with Crippen LogP contribution in [0.2, 0.25) is 0 Å². The van der Waals surface area contributed by atoms with Crippen molar-refractivity contribution in [2.45, 2.75) is 11.3 Å². The Morgan fingerprint density at radius 1 is 1.10 bits per heavy atom. The number of nitrogens with one attached hydrogen (secondary N) is 2. The lowest BCUT2D eigenvalue weighted by molar-refractivity contribution is 0.402. The monoisotopic (exact) mass is 430 g/mol. The van der Waals surface area contributed by atoms with Crippen LogP contribution in [0.5, 0.6) is 5.88 Å². The lowest BCUT2D eigenvalue weighted by atomic mass is 10.0. The number of methoxy groups -OCH3 is 1. The zero-order valence-corrected chi connectivity index (χ0v) is 16.5. The first-order valence-corrected chi connectivity index (χ1v) is 10.3. The van der Waals surface area contributed by atoms with Crippen LogP contribution in [-0.2, 0) is 16.4 Å². The van der Waals surface area contributed by atoms with E-state index >= 15 is 4.39 Å². The molecule has 0 bridgehead atoms. The van der Waals surface area contributed by atoms with Gasteiger partial charge in [-0.05, 0) is 29.8 Å². The predicted molar refractivity (Wildman–Crippen MR) is 107 cm³/mol. The number of benzene rings is 2. The van der Waals surface area contributed by atoms with E-state index in [4.69, 9.17) is 4.74 Å². The molecule has 0 amide bonds. The van der Waals surface area contributed by atoms with Crippen molar-refractivity contribution in [2.75, 3.05) is 11.8 Å². The Kier molecular flexibility index (Phi) is 5.08. The second-order valence-corrected chi connectivity index (χ2v) is 8.09. The SMILES string of the molecule is COc1ncnc2[nH]cc(Cc3c(F)ccc(NS(=O)(=O)c4ccccc4)c3F)c12. The summed E-state index contributed by atoms with van der Waals surface area (Å²) in [5.41, 5.74) is 0.315. The van der Waals surface area contributed by atoms with Gasteiger partial charge in [-0.15, -0.1) is 0 Å². The molecular weight excluding hydrogens is 414 g/mol. The van der Waals surface area contributed by atoms with Gasteiger partial charge >= 0.3 is 0 Å². The van der Waals surface area contributed by atoms with E-state index in [2.05, 4.69) is 19.7 Å². The standard InChI is InChI=1S/C20H16F2N4O3S/c1-29-20-17-12(10-23-19(17)24-11-25-20)9-14-15(21)7-8-16(18(14)22)26-30(27,28)13-5-3-2-4-6-13/h2-8,10-11,26H,9H2,1H3,(H,23,24,25). The molecular formula is C20H16F2N4O3S. The van der Waals surface area contributed by atoms with E-state index in [1.807, 2.05) is 0 Å². The minimum atomic E-state index is -4.03. The number of nitrogens with zero attached hydrogens (tertiary/aromatic N) is 2. The first kappa shape index (κ1) is 19.8. The number of hydrogen-bond donors (Lipinski definition) is 2. The van der Waals surface area contributed by atoms with Crippen LogP contribution in [0.15, 0.2) is 59.9 Å². The fourth-order valence-corrected chi connectivity index (χ4v) is 4.20. The number of anilines is 1. The van der Waals surface area contributed by atoms with E-state index in [0.717, 1.165) is 12.1 Å². The van der Waals surface area contributed by atoms with E-state index in [0.29, 0.717) is 16.6 Å². The van der Waals surface area contributed by atoms with Crippen molar-refractivity contribution >= 4 is 26.7 Å². The maximum absolute atomic E-state index is 15.1. The Balaban J connectivity index is 1.73. The molecule has 0 unspecified atom stereocenters. The summed E-state index contributed by atoms with van der Waals surface area (Å²) in [4.78, 5) is 11.0. The maximum atomic E-state index is 15.1. The molecule has 0 spiro atoms. The minimum Gasteiger partial charge on any atom is -0.480 e. The highest BCUT2D eigenvalue weighted by Gasteiger charge is 2.21. The number of aromatic amines is 1. The van der Waals surface area contributed by atoms with Gasteiger partial charge in [-0.1, -0.05) is 18.2 Å². The topological polar surface area (TPSA) is 97.0 Å². The molecule has 0 fully saturated rings. The van der Waals surface area contributed by atoms with Gasteiger partial charge in [0.1, 0.15) is 17.8 Å². The third-order valence-corrected chi connectivity index (χ3v) is 5.94. The van der Waals surface area contributed by atoms with Crippen molar-refractivity contribution in [3.8, 4) is 5.88 Å². The molecule has 0 radical (unpaired) electrons. The van der Waals surface area contributed by atoms with E-state index in [1.54, 1.807) is 24.4 Å². The summed E-state index contributed by atoms with van der Waals surface area (Å²) in [6.07, 6.45) is 2.70. The van der Waals surface area contributed by atoms with E-state index in [-0.39, 0.29) is 28.4 Å². The Morgan fingerprint density at radius 3 is 2.60 bits per heavy atom. The largest absolute Gasteiger partial charge is 0.480 e. The molecule has 0 aliphatic carbocycles. The molecule has 154 valence electrons. The molecule has 0 saturated carbocycles. The number of sulfonamides is 1. The number of rotatable bonds is 6. The van der Waals surface area contributed by atoms with Gasteiger partial charge in [0.15, 0.2) is 5.82 Å². The van der Waals surface area contributed by atoms with Crippen molar-refractivity contribution in [3.05, 3.63) is 77.8 Å². The molecule has 2 N–H and O–H groups in total. The van der Waals surface area contributed by atoms with E-state index in [9.17, 15) is 12.8 Å². The molecule has 30 heavy (non-hydrogen) atoms. The van der Waals surface area contributed by atoms with Crippen molar-refractivity contribution in [1.82, 2.24) is 15.0 Å². The second kappa shape index (κ2) is 7.71. The molecule has 0 saturated heterocycles. The third kappa shape index (κ3) is 3.57. The fourth-order valence-electron chi connectivity index (χ4n) is 3.12. The number of hydrogen-bond acceptors (Lipinski definition) is 5. The zero-order valence-electron chi connectivity index (χ0n) is 15.7. The Labute approximate surface area is 170 Å². The van der Waals surface area contributed by atoms with Gasteiger partial charge in [0.2, 0.25) is 5.88 Å². The van der Waals surface area contributed by atoms with Crippen molar-refractivity contribution in [2.24, 2.45) is 0 Å². The van der Waals surface area contributed by atoms with Gasteiger partial charge in [-0.2, -0.15) is 0 Å². The summed E-state index contributed by atoms with van der Waals surface area (Å²) in [6.45, 7) is 0. The van der Waals surface area contributed by atoms with Crippen LogP contribution in [-0.4, -0.2) is 30.5 Å². The smallest absolute Gasteiger partial charge is 0.261 e. The lowest BCUT2D eigenvalue weighted by Gasteiger charge is -2.12. The van der Waals surface area contributed by atoms with Gasteiger partial charge in [0.25, 0.3) is 10.0 Å². The third-order valence-electron chi connectivity index (χ3n) is 4.56. The maximum Gasteiger partial charge on any atom is 0.261 e. The zero-order chi connectivity index (χ0) is 21.3. The number of ether oxygens (including phenoxy) is 1. The average molecular weight is 430 g/mol. The number of H-pyrrole nitrogens is 1. The number of halogens is 2. The Hall–Kier alpha value is -3.53. The van der Waals surface area contributed by atoms with Crippen LogP contribution in [0.4, 0.5) is 14.5 Å². The fraction of sp³-hybridized carbons (Fsp3) is 0.100. The molecule has 0 atom stereocenters. The first-order chi connectivity index (χ1) is 14.4. The molecule has 0 aliphatic heterocycles. The molecule has 0 aliphatic rings. The van der Waals surface area contributed by atoms with Crippen LogP contribution >= 0.6 is 0 Å². The summed E-state index contributed by atoms with van der Waals surface area (Å²) in [7, 11) is -2.60. The van der Waals surface area contributed by atoms with Crippen LogP contribution < -0.4 is 9.46 Å². The Bertz CT molecular complexity index is 1320. The summed E-state index contributed by atoms with van der Waals surface area (Å²) < 4.78 is 62.0. The first-order valence-electron chi connectivity index (χ1n) is 8.80. The van der Waals surface area contributed by atoms with Crippen LogP contribution in [0, 0.1) is 11.6 Å². The van der Waals surface area contributed by atoms with Gasteiger partial charge in [-0.3, -0.25) is 4.72 Å². The summed E-state index contributed by atoms with van der Waals surface area (Å²) >= 11 is 0. The summed E-state index contributed by atoms with van der Waals surface area (Å²) in [5.74, 6) is -1.54. The van der Waals surface area contributed by atoms with Crippen LogP contribution in [0.25, 0.3) is 11.0 Å². The van der Waals surface area contributed by atoms with E-state index in [1.165, 1.54) is 25.6 Å². The number of fused-ring (bicyclic) bond motifs is 1. The van der Waals surface area contributed by atoms with Gasteiger partial charge in [0, 0.05) is 18.2 Å². The van der Waals surface area contributed by atoms with Gasteiger partial charge < -0.3 is 9.72 Å². The molecule has 4 rings (SSSR count). The highest BCUT2D eigenvalue weighted by Crippen LogP contribution is 2.30. The molecule has 2 heterocycles. The lowest BCUT2D eigenvalue weighted by Crippen LogP contribution is -2.15. The van der Waals surface area contributed by atoms with Gasteiger partial charge in [0.05, 0.1) is 23.1 Å². The highest BCUT2D eigenvalue weighted by molar-refractivity contribution is 7.92. The molecule has 2 aromatic heterocycles. The molecule has 2 aromatic carbocycles. The molecule has 7 nitrogen and oxygen atoms in total. The summed E-state index contributed by atoms with van der Waals surface area (Å²) in [5, 5.41) is 0.495. The van der Waals surface area contributed by atoms with E-state index < -0.39 is 21.7 Å². The predicted octanol–water partition coefficient (Wildman–Crippen LogP) is 3.64. The van der Waals surface area contributed by atoms with Crippen LogP contribution in [0.1, 0.15) is 11.1 Å². The molecule has 10 heteroatoms. The summed E-state index contributed by atoms with van der Waals surface area (Å²) in [6, 6.07) is 9.58. The highest BCUT2D eigenvalue weighted by atomic mass is 32.2. The number of aromatic nitrogens is 3. The Morgan fingerprint density at radius 2 is 1.87 bits per heavy atom. The molecule has 4 aromatic rings.